The zero-order chi connectivity index (χ0) is 27.5. The lowest BCUT2D eigenvalue weighted by molar-refractivity contribution is -0.134. The van der Waals surface area contributed by atoms with E-state index in [1.807, 2.05) is 82.6 Å². The van der Waals surface area contributed by atoms with Crippen LogP contribution in [0.3, 0.4) is 0 Å². The molecule has 3 aliphatic heterocycles. The molecule has 3 fully saturated rings. The summed E-state index contributed by atoms with van der Waals surface area (Å²) < 4.78 is 0. The Morgan fingerprint density at radius 2 is 1.35 bits per heavy atom. The van der Waals surface area contributed by atoms with Gasteiger partial charge >= 0.3 is 0 Å². The Balaban J connectivity index is 1.10. The largest absolute Gasteiger partial charge is 0.341 e. The molecule has 6 rings (SSSR count). The fraction of sp³-hybridized carbons (Fsp3) is 0.355. The van der Waals surface area contributed by atoms with Crippen molar-refractivity contribution >= 4 is 28.8 Å². The fourth-order valence-corrected chi connectivity index (χ4v) is 6.60. The Bertz CT molecular complexity index is 1310. The van der Waals surface area contributed by atoms with Crippen LogP contribution in [0.25, 0.3) is 22.5 Å². The van der Waals surface area contributed by atoms with E-state index in [-0.39, 0.29) is 23.1 Å². The lowest BCUT2D eigenvalue weighted by Crippen LogP contribution is -2.56. The van der Waals surface area contributed by atoms with Gasteiger partial charge in [0.05, 0.1) is 11.4 Å². The van der Waals surface area contributed by atoms with Crippen molar-refractivity contribution in [3.05, 3.63) is 78.4 Å². The molecule has 0 bridgehead atoms. The van der Waals surface area contributed by atoms with Crippen LogP contribution in [0.15, 0.2) is 72.8 Å². The highest BCUT2D eigenvalue weighted by molar-refractivity contribution is 8.14. The molecule has 2 aromatic carbocycles. The van der Waals surface area contributed by atoms with Crippen LogP contribution in [0.1, 0.15) is 23.2 Å². The van der Waals surface area contributed by atoms with Crippen molar-refractivity contribution in [3.63, 3.8) is 0 Å². The lowest BCUT2D eigenvalue weighted by atomic mass is 10.0. The standard InChI is InChI=1S/C31H33N5O3S/c37-29(24-19-26(22-7-3-1-4-8-22)32-27(20-24)23-9-5-2-6-10-23)36-17-15-34(16-18-36)25-11-13-35(14-12-25)30(38)28-21-40-31(39)33-28/h1-10,19-20,25,28H,11-18,21H2,(H,33,39)/t28-/m0/s1. The van der Waals surface area contributed by atoms with Gasteiger partial charge in [0.1, 0.15) is 6.04 Å². The van der Waals surface area contributed by atoms with E-state index in [0.717, 1.165) is 48.4 Å². The maximum Gasteiger partial charge on any atom is 0.279 e. The number of piperazine rings is 1. The molecule has 3 aromatic rings. The van der Waals surface area contributed by atoms with Crippen LogP contribution in [-0.2, 0) is 4.79 Å². The van der Waals surface area contributed by atoms with E-state index in [9.17, 15) is 14.4 Å². The van der Waals surface area contributed by atoms with Gasteiger partial charge in [-0.25, -0.2) is 4.98 Å². The quantitative estimate of drug-likeness (QED) is 0.513. The summed E-state index contributed by atoms with van der Waals surface area (Å²) in [4.78, 5) is 49.1. The zero-order valence-corrected chi connectivity index (χ0v) is 23.2. The molecule has 0 saturated carbocycles. The van der Waals surface area contributed by atoms with Crippen molar-refractivity contribution in [2.24, 2.45) is 0 Å². The van der Waals surface area contributed by atoms with Gasteiger partial charge in [-0.05, 0) is 25.0 Å². The number of carbonyl (C=O) groups excluding carboxylic acids is 3. The molecule has 0 spiro atoms. The molecule has 3 amide bonds. The number of hydrogen-bond donors (Lipinski definition) is 1. The van der Waals surface area contributed by atoms with Gasteiger partial charge in [0, 0.05) is 67.8 Å². The zero-order valence-electron chi connectivity index (χ0n) is 22.4. The van der Waals surface area contributed by atoms with E-state index < -0.39 is 0 Å². The number of likely N-dealkylation sites (tertiary alicyclic amines) is 1. The number of amides is 3. The van der Waals surface area contributed by atoms with E-state index in [0.29, 0.717) is 43.5 Å². The number of thioether (sulfide) groups is 1. The van der Waals surface area contributed by atoms with Gasteiger partial charge in [-0.3, -0.25) is 19.3 Å². The Labute approximate surface area is 238 Å². The molecule has 1 atom stereocenters. The maximum absolute atomic E-state index is 13.7. The highest BCUT2D eigenvalue weighted by Crippen LogP contribution is 2.27. The van der Waals surface area contributed by atoms with E-state index in [1.54, 1.807) is 0 Å². The molecule has 9 heteroatoms. The third kappa shape index (κ3) is 5.76. The van der Waals surface area contributed by atoms with E-state index in [1.165, 1.54) is 11.8 Å². The normalized spacial score (nSPS) is 20.4. The second kappa shape index (κ2) is 11.8. The molecular weight excluding hydrogens is 522 g/mol. The Kier molecular flexibility index (Phi) is 7.84. The summed E-state index contributed by atoms with van der Waals surface area (Å²) in [6.45, 7) is 4.41. The number of rotatable bonds is 5. The first-order valence-electron chi connectivity index (χ1n) is 13.9. The summed E-state index contributed by atoms with van der Waals surface area (Å²) >= 11 is 1.18. The first-order chi connectivity index (χ1) is 19.5. The van der Waals surface area contributed by atoms with Crippen molar-refractivity contribution in [1.29, 1.82) is 0 Å². The number of aromatic nitrogens is 1. The van der Waals surface area contributed by atoms with Crippen LogP contribution in [-0.4, -0.2) is 93.8 Å². The molecule has 40 heavy (non-hydrogen) atoms. The number of benzene rings is 2. The van der Waals surface area contributed by atoms with Crippen molar-refractivity contribution in [2.75, 3.05) is 45.0 Å². The van der Waals surface area contributed by atoms with E-state index in [4.69, 9.17) is 4.98 Å². The summed E-state index contributed by atoms with van der Waals surface area (Å²) in [5, 5.41) is 2.65. The minimum Gasteiger partial charge on any atom is -0.341 e. The van der Waals surface area contributed by atoms with Crippen LogP contribution in [0.5, 0.6) is 0 Å². The Morgan fingerprint density at radius 1 is 0.775 bits per heavy atom. The molecule has 4 heterocycles. The smallest absolute Gasteiger partial charge is 0.279 e. The van der Waals surface area contributed by atoms with Crippen molar-refractivity contribution in [3.8, 4) is 22.5 Å². The highest BCUT2D eigenvalue weighted by Gasteiger charge is 2.35. The summed E-state index contributed by atoms with van der Waals surface area (Å²) in [6, 6.07) is 23.8. The maximum atomic E-state index is 13.7. The molecule has 0 radical (unpaired) electrons. The van der Waals surface area contributed by atoms with Crippen LogP contribution in [0.2, 0.25) is 0 Å². The van der Waals surface area contributed by atoms with E-state index in [2.05, 4.69) is 10.2 Å². The van der Waals surface area contributed by atoms with Crippen LogP contribution in [0.4, 0.5) is 4.79 Å². The van der Waals surface area contributed by atoms with Crippen LogP contribution < -0.4 is 5.32 Å². The average Bonchev–Trinajstić information content (AvgIpc) is 3.47. The van der Waals surface area contributed by atoms with Gasteiger partial charge in [0.25, 0.3) is 11.1 Å². The lowest BCUT2D eigenvalue weighted by Gasteiger charge is -2.43. The van der Waals surface area contributed by atoms with Gasteiger partial charge in [-0.1, -0.05) is 72.4 Å². The summed E-state index contributed by atoms with van der Waals surface area (Å²) in [6.07, 6.45) is 1.83. The second-order valence-electron chi connectivity index (χ2n) is 10.5. The first kappa shape index (κ1) is 26.5. The van der Waals surface area contributed by atoms with Gasteiger partial charge < -0.3 is 15.1 Å². The summed E-state index contributed by atoms with van der Waals surface area (Å²) in [5.41, 5.74) is 4.21. The van der Waals surface area contributed by atoms with Crippen molar-refractivity contribution in [1.82, 2.24) is 25.0 Å². The van der Waals surface area contributed by atoms with E-state index >= 15 is 0 Å². The average molecular weight is 556 g/mol. The van der Waals surface area contributed by atoms with Gasteiger partial charge in [0.2, 0.25) is 5.91 Å². The molecule has 8 nitrogen and oxygen atoms in total. The number of nitrogens with zero attached hydrogens (tertiary/aromatic N) is 4. The molecule has 1 aromatic heterocycles. The Morgan fingerprint density at radius 3 is 1.88 bits per heavy atom. The topological polar surface area (TPSA) is 85.9 Å². The first-order valence-corrected chi connectivity index (χ1v) is 14.9. The second-order valence-corrected chi connectivity index (χ2v) is 11.5. The molecule has 0 unspecified atom stereocenters. The molecule has 1 N–H and O–H groups in total. The third-order valence-electron chi connectivity index (χ3n) is 8.08. The van der Waals surface area contributed by atoms with Crippen LogP contribution >= 0.6 is 11.8 Å². The molecular formula is C31H33N5O3S. The molecule has 3 saturated heterocycles. The minimum absolute atomic E-state index is 0.0355. The Hall–Kier alpha value is -3.69. The summed E-state index contributed by atoms with van der Waals surface area (Å²) in [5.74, 6) is 0.590. The number of carbonyl (C=O) groups is 3. The number of hydrogen-bond acceptors (Lipinski definition) is 6. The number of pyridine rings is 1. The minimum atomic E-state index is -0.387. The third-order valence-corrected chi connectivity index (χ3v) is 8.96. The predicted molar refractivity (Wildman–Crippen MR) is 157 cm³/mol. The van der Waals surface area contributed by atoms with Gasteiger partial charge in [-0.2, -0.15) is 0 Å². The molecule has 3 aliphatic rings. The summed E-state index contributed by atoms with van der Waals surface area (Å²) in [7, 11) is 0. The SMILES string of the molecule is O=C1N[C@H](C(=O)N2CCC(N3CCN(C(=O)c4cc(-c5ccccc5)nc(-c5ccccc5)c4)CC3)CC2)CS1. The number of piperidine rings is 1. The van der Waals surface area contributed by atoms with Gasteiger partial charge in [-0.15, -0.1) is 0 Å². The molecule has 0 aliphatic carbocycles. The van der Waals surface area contributed by atoms with Crippen molar-refractivity contribution < 1.29 is 14.4 Å². The highest BCUT2D eigenvalue weighted by atomic mass is 32.2. The predicted octanol–water partition coefficient (Wildman–Crippen LogP) is 3.99. The molecule has 206 valence electrons. The number of nitrogens with one attached hydrogen (secondary N) is 1. The monoisotopic (exact) mass is 555 g/mol. The van der Waals surface area contributed by atoms with Crippen LogP contribution in [0, 0.1) is 0 Å². The fourth-order valence-electron chi connectivity index (χ4n) is 5.83. The van der Waals surface area contributed by atoms with Gasteiger partial charge in [0.15, 0.2) is 0 Å². The van der Waals surface area contributed by atoms with Crippen molar-refractivity contribution in [2.45, 2.75) is 24.9 Å².